The first kappa shape index (κ1) is 14.0. The summed E-state index contributed by atoms with van der Waals surface area (Å²) in [6.45, 7) is 0.284. The van der Waals surface area contributed by atoms with Gasteiger partial charge in [-0.3, -0.25) is 0 Å². The van der Waals surface area contributed by atoms with Crippen molar-refractivity contribution in [2.75, 3.05) is 13.1 Å². The van der Waals surface area contributed by atoms with Gasteiger partial charge in [-0.2, -0.15) is 9.57 Å². The molecule has 0 aromatic heterocycles. The molecule has 0 unspecified atom stereocenters. The Labute approximate surface area is 115 Å². The van der Waals surface area contributed by atoms with Crippen LogP contribution in [-0.2, 0) is 10.0 Å². The molecule has 0 N–H and O–H groups in total. The van der Waals surface area contributed by atoms with Crippen molar-refractivity contribution in [1.29, 1.82) is 5.26 Å². The molecular weight excluding hydrogens is 291 g/mol. The zero-order chi connectivity index (χ0) is 14.0. The monoisotopic (exact) mass is 300 g/mol. The minimum absolute atomic E-state index is 0.0172. The molecule has 4 nitrogen and oxygen atoms in total. The predicted molar refractivity (Wildman–Crippen MR) is 68.5 cm³/mol. The van der Waals surface area contributed by atoms with Gasteiger partial charge in [-0.1, -0.05) is 17.7 Å². The van der Waals surface area contributed by atoms with Crippen molar-refractivity contribution in [3.8, 4) is 6.07 Å². The fraction of sp³-hybridized carbons (Fsp3) is 0.250. The third kappa shape index (κ3) is 2.78. The molecule has 0 fully saturated rings. The van der Waals surface area contributed by atoms with Gasteiger partial charge in [-0.05, 0) is 24.6 Å². The summed E-state index contributed by atoms with van der Waals surface area (Å²) in [5, 5.41) is 8.70. The zero-order valence-electron chi connectivity index (χ0n) is 9.81. The van der Waals surface area contributed by atoms with Crippen molar-refractivity contribution in [2.24, 2.45) is 0 Å². The molecule has 0 aliphatic carbocycles. The quantitative estimate of drug-likeness (QED) is 0.842. The Hall–Kier alpha value is -1.42. The first-order valence-electron chi connectivity index (χ1n) is 5.49. The van der Waals surface area contributed by atoms with Gasteiger partial charge in [0.05, 0.1) is 11.1 Å². The zero-order valence-corrected chi connectivity index (χ0v) is 11.4. The largest absolute Gasteiger partial charge is 0.244 e. The molecule has 1 aliphatic heterocycles. The second kappa shape index (κ2) is 5.29. The summed E-state index contributed by atoms with van der Waals surface area (Å²) in [7, 11) is -3.84. The van der Waals surface area contributed by atoms with E-state index in [0.717, 1.165) is 12.1 Å². The summed E-state index contributed by atoms with van der Waals surface area (Å²) in [5.41, 5.74) is 0.553. The van der Waals surface area contributed by atoms with Gasteiger partial charge in [0.15, 0.2) is 0 Å². The summed E-state index contributed by atoms with van der Waals surface area (Å²) in [6, 6.07) is 5.21. The highest BCUT2D eigenvalue weighted by Gasteiger charge is 2.28. The van der Waals surface area contributed by atoms with Crippen LogP contribution in [0.4, 0.5) is 4.39 Å². The molecule has 19 heavy (non-hydrogen) atoms. The molecular formula is C12H10ClFN2O2S. The number of hydrogen-bond donors (Lipinski definition) is 0. The maximum absolute atomic E-state index is 13.2. The van der Waals surface area contributed by atoms with Crippen LogP contribution >= 0.6 is 11.6 Å². The molecule has 1 aromatic carbocycles. The van der Waals surface area contributed by atoms with Crippen molar-refractivity contribution in [1.82, 2.24) is 4.31 Å². The lowest BCUT2D eigenvalue weighted by Crippen LogP contribution is -2.35. The van der Waals surface area contributed by atoms with Crippen LogP contribution in [-0.4, -0.2) is 25.8 Å². The number of benzene rings is 1. The fourth-order valence-electron chi connectivity index (χ4n) is 1.78. The van der Waals surface area contributed by atoms with E-state index in [1.807, 2.05) is 6.07 Å². The lowest BCUT2D eigenvalue weighted by atomic mass is 10.1. The van der Waals surface area contributed by atoms with Crippen LogP contribution in [0.3, 0.4) is 0 Å². The first-order chi connectivity index (χ1) is 8.95. The van der Waals surface area contributed by atoms with Crippen LogP contribution < -0.4 is 0 Å². The number of halogens is 2. The highest BCUT2D eigenvalue weighted by molar-refractivity contribution is 7.89. The van der Waals surface area contributed by atoms with Crippen molar-refractivity contribution in [3.63, 3.8) is 0 Å². The van der Waals surface area contributed by atoms with E-state index in [9.17, 15) is 12.8 Å². The molecule has 0 spiro atoms. The van der Waals surface area contributed by atoms with Crippen molar-refractivity contribution >= 4 is 21.6 Å². The highest BCUT2D eigenvalue weighted by atomic mass is 35.5. The average Bonchev–Trinajstić information content (AvgIpc) is 2.41. The third-order valence-electron chi connectivity index (χ3n) is 2.83. The van der Waals surface area contributed by atoms with Crippen LogP contribution in [0.5, 0.6) is 0 Å². The topological polar surface area (TPSA) is 61.2 Å². The number of nitrogens with zero attached hydrogens (tertiary/aromatic N) is 2. The summed E-state index contributed by atoms with van der Waals surface area (Å²) < 4.78 is 39.0. The fourth-order valence-corrected chi connectivity index (χ4v) is 3.65. The number of sulfonamides is 1. The Morgan fingerprint density at radius 3 is 2.74 bits per heavy atom. The van der Waals surface area contributed by atoms with E-state index in [1.54, 1.807) is 6.08 Å². The molecule has 2 rings (SSSR count). The maximum atomic E-state index is 13.2. The molecule has 0 radical (unpaired) electrons. The second-order valence-corrected chi connectivity index (χ2v) is 6.34. The minimum atomic E-state index is -3.84. The van der Waals surface area contributed by atoms with E-state index in [1.165, 1.54) is 10.4 Å². The molecule has 0 saturated heterocycles. The second-order valence-electron chi connectivity index (χ2n) is 4.03. The van der Waals surface area contributed by atoms with E-state index in [2.05, 4.69) is 0 Å². The Morgan fingerprint density at radius 1 is 1.42 bits per heavy atom. The molecule has 0 amide bonds. The Bertz CT molecular complexity index is 679. The van der Waals surface area contributed by atoms with Crippen LogP contribution in [0, 0.1) is 17.1 Å². The molecule has 1 aromatic rings. The van der Waals surface area contributed by atoms with Gasteiger partial charge in [0.25, 0.3) is 0 Å². The number of nitriles is 1. The van der Waals surface area contributed by atoms with Gasteiger partial charge in [-0.25, -0.2) is 12.8 Å². The van der Waals surface area contributed by atoms with Crippen LogP contribution in [0.15, 0.2) is 34.7 Å². The van der Waals surface area contributed by atoms with Gasteiger partial charge in [-0.15, -0.1) is 0 Å². The highest BCUT2D eigenvalue weighted by Crippen LogP contribution is 2.27. The standard InChI is InChI=1S/C12H10ClFN2O2S/c13-11-2-1-10(14)7-12(11)19(17,18)16-5-3-9(8-15)4-6-16/h1-3,7H,4-6H2. The van der Waals surface area contributed by atoms with Gasteiger partial charge >= 0.3 is 0 Å². The van der Waals surface area contributed by atoms with Gasteiger partial charge in [0.2, 0.25) is 10.0 Å². The Kier molecular flexibility index (Phi) is 3.90. The maximum Gasteiger partial charge on any atom is 0.244 e. The number of rotatable bonds is 2. The summed E-state index contributed by atoms with van der Waals surface area (Å²) >= 11 is 5.82. The van der Waals surface area contributed by atoms with Gasteiger partial charge in [0, 0.05) is 18.7 Å². The Balaban J connectivity index is 2.37. The van der Waals surface area contributed by atoms with Gasteiger partial charge in [0.1, 0.15) is 10.7 Å². The van der Waals surface area contributed by atoms with E-state index < -0.39 is 15.8 Å². The van der Waals surface area contributed by atoms with E-state index >= 15 is 0 Å². The molecule has 7 heteroatoms. The first-order valence-corrected chi connectivity index (χ1v) is 7.31. The summed E-state index contributed by atoms with van der Waals surface area (Å²) in [6.07, 6.45) is 1.90. The van der Waals surface area contributed by atoms with Crippen molar-refractivity contribution in [3.05, 3.63) is 40.7 Å². The SMILES string of the molecule is N#CC1=CCN(S(=O)(=O)c2cc(F)ccc2Cl)CC1. The number of hydrogen-bond acceptors (Lipinski definition) is 3. The van der Waals surface area contributed by atoms with Crippen LogP contribution in [0.25, 0.3) is 0 Å². The van der Waals surface area contributed by atoms with Gasteiger partial charge < -0.3 is 0 Å². The minimum Gasteiger partial charge on any atom is -0.207 e. The smallest absolute Gasteiger partial charge is 0.207 e. The molecule has 0 bridgehead atoms. The molecule has 1 heterocycles. The lowest BCUT2D eigenvalue weighted by molar-refractivity contribution is 0.433. The normalized spacial score (nSPS) is 16.8. The van der Waals surface area contributed by atoms with Crippen LogP contribution in [0.2, 0.25) is 5.02 Å². The summed E-state index contributed by atoms with van der Waals surface area (Å²) in [5.74, 6) is -0.659. The summed E-state index contributed by atoms with van der Waals surface area (Å²) in [4.78, 5) is -0.247. The molecule has 100 valence electrons. The molecule has 1 aliphatic rings. The van der Waals surface area contributed by atoms with E-state index in [-0.39, 0.29) is 23.0 Å². The van der Waals surface area contributed by atoms with Crippen molar-refractivity contribution in [2.45, 2.75) is 11.3 Å². The molecule has 0 saturated carbocycles. The Morgan fingerprint density at radius 2 is 2.16 bits per heavy atom. The predicted octanol–water partition coefficient (Wildman–Crippen LogP) is 2.32. The molecule has 0 atom stereocenters. The third-order valence-corrected chi connectivity index (χ3v) is 5.17. The average molecular weight is 301 g/mol. The van der Waals surface area contributed by atoms with E-state index in [4.69, 9.17) is 16.9 Å². The lowest BCUT2D eigenvalue weighted by Gasteiger charge is -2.24. The van der Waals surface area contributed by atoms with Crippen LogP contribution in [0.1, 0.15) is 6.42 Å². The van der Waals surface area contributed by atoms with E-state index in [0.29, 0.717) is 12.0 Å². The van der Waals surface area contributed by atoms with Crippen molar-refractivity contribution < 1.29 is 12.8 Å².